The number of aromatic nitrogens is 1. The molecule has 27 heavy (non-hydrogen) atoms. The fraction of sp³-hybridized carbons (Fsp3) is 0.150. The van der Waals surface area contributed by atoms with Crippen molar-refractivity contribution >= 4 is 11.5 Å². The van der Waals surface area contributed by atoms with Crippen LogP contribution in [0.2, 0.25) is 0 Å². The fourth-order valence-electron chi connectivity index (χ4n) is 2.80. The van der Waals surface area contributed by atoms with E-state index in [2.05, 4.69) is 10.3 Å². The second kappa shape index (κ2) is 6.83. The lowest BCUT2D eigenvalue weighted by atomic mass is 10.0. The van der Waals surface area contributed by atoms with Crippen LogP contribution in [0.25, 0.3) is 11.1 Å². The third kappa shape index (κ3) is 3.81. The largest absolute Gasteiger partial charge is 0.486 e. The first-order valence-corrected chi connectivity index (χ1v) is 8.29. The molecular weight excluding hydrogens is 357 g/mol. The molecule has 0 spiro atoms. The van der Waals surface area contributed by atoms with Crippen LogP contribution in [0.3, 0.4) is 0 Å². The average molecular weight is 372 g/mol. The molecule has 4 nitrogen and oxygen atoms in total. The van der Waals surface area contributed by atoms with Crippen LogP contribution in [-0.4, -0.2) is 18.2 Å². The van der Waals surface area contributed by atoms with E-state index in [1.165, 1.54) is 12.1 Å². The molecule has 4 rings (SSSR count). The number of hydrogen-bond acceptors (Lipinski definition) is 4. The van der Waals surface area contributed by atoms with Crippen molar-refractivity contribution in [1.29, 1.82) is 0 Å². The summed E-state index contributed by atoms with van der Waals surface area (Å²) in [4.78, 5) is 4.27. The molecule has 0 aliphatic carbocycles. The van der Waals surface area contributed by atoms with Crippen LogP contribution in [0.1, 0.15) is 5.56 Å². The molecule has 0 unspecified atom stereocenters. The van der Waals surface area contributed by atoms with Crippen molar-refractivity contribution in [3.05, 3.63) is 66.4 Å². The maximum absolute atomic E-state index is 12.7. The third-order valence-electron chi connectivity index (χ3n) is 4.12. The molecule has 3 aromatic rings. The molecule has 1 N–H and O–H groups in total. The summed E-state index contributed by atoms with van der Waals surface area (Å²) >= 11 is 0. The first-order valence-electron chi connectivity index (χ1n) is 8.29. The number of fused-ring (bicyclic) bond motifs is 1. The molecule has 7 heteroatoms. The standard InChI is InChI=1S/C20H15F3N2O2/c21-20(22,23)15-3-1-13(2-4-15)14-7-8-24-19(11-14)25-16-5-6-17-18(12-16)27-10-9-26-17/h1-8,11-12H,9-10H2,(H,24,25). The van der Waals surface area contributed by atoms with E-state index in [-0.39, 0.29) is 0 Å². The maximum Gasteiger partial charge on any atom is 0.416 e. The summed E-state index contributed by atoms with van der Waals surface area (Å²) in [6.07, 6.45) is -2.74. The van der Waals surface area contributed by atoms with Gasteiger partial charge in [-0.3, -0.25) is 0 Å². The first kappa shape index (κ1) is 17.2. The van der Waals surface area contributed by atoms with Crippen molar-refractivity contribution in [2.45, 2.75) is 6.18 Å². The molecule has 0 amide bonds. The lowest BCUT2D eigenvalue weighted by Gasteiger charge is -2.19. The number of nitrogens with zero attached hydrogens (tertiary/aromatic N) is 1. The number of pyridine rings is 1. The van der Waals surface area contributed by atoms with Gasteiger partial charge in [0, 0.05) is 18.0 Å². The summed E-state index contributed by atoms with van der Waals surface area (Å²) in [5.41, 5.74) is 1.54. The van der Waals surface area contributed by atoms with Crippen LogP contribution in [0.5, 0.6) is 11.5 Å². The first-order chi connectivity index (χ1) is 13.0. The van der Waals surface area contributed by atoms with Crippen LogP contribution >= 0.6 is 0 Å². The Bertz CT molecular complexity index is 956. The van der Waals surface area contributed by atoms with Gasteiger partial charge in [-0.05, 0) is 47.5 Å². The second-order valence-electron chi connectivity index (χ2n) is 5.99. The zero-order valence-corrected chi connectivity index (χ0v) is 14.1. The Hall–Kier alpha value is -3.22. The number of nitrogens with one attached hydrogen (secondary N) is 1. The minimum atomic E-state index is -4.35. The molecule has 0 saturated carbocycles. The number of rotatable bonds is 3. The van der Waals surface area contributed by atoms with Crippen molar-refractivity contribution in [1.82, 2.24) is 4.98 Å². The zero-order chi connectivity index (χ0) is 18.9. The monoisotopic (exact) mass is 372 g/mol. The molecule has 1 aliphatic rings. The van der Waals surface area contributed by atoms with E-state index in [0.717, 1.165) is 23.4 Å². The van der Waals surface area contributed by atoms with Gasteiger partial charge in [0.25, 0.3) is 0 Å². The van der Waals surface area contributed by atoms with E-state index >= 15 is 0 Å². The third-order valence-corrected chi connectivity index (χ3v) is 4.12. The summed E-state index contributed by atoms with van der Waals surface area (Å²) in [6.45, 7) is 1.02. The SMILES string of the molecule is FC(F)(F)c1ccc(-c2ccnc(Nc3ccc4c(c3)OCCO4)c2)cc1. The van der Waals surface area contributed by atoms with Gasteiger partial charge in [-0.2, -0.15) is 13.2 Å². The van der Waals surface area contributed by atoms with Gasteiger partial charge in [0.1, 0.15) is 19.0 Å². The molecule has 0 radical (unpaired) electrons. The van der Waals surface area contributed by atoms with E-state index in [4.69, 9.17) is 9.47 Å². The van der Waals surface area contributed by atoms with E-state index in [0.29, 0.717) is 36.1 Å². The Morgan fingerprint density at radius 2 is 1.56 bits per heavy atom. The minimum absolute atomic E-state index is 0.498. The van der Waals surface area contributed by atoms with Gasteiger partial charge in [0.05, 0.1) is 5.56 Å². The van der Waals surface area contributed by atoms with Gasteiger partial charge >= 0.3 is 6.18 Å². The van der Waals surface area contributed by atoms with Gasteiger partial charge in [-0.15, -0.1) is 0 Å². The fourth-order valence-corrected chi connectivity index (χ4v) is 2.80. The molecule has 0 fully saturated rings. The predicted molar refractivity (Wildman–Crippen MR) is 95.4 cm³/mol. The van der Waals surface area contributed by atoms with Crippen LogP contribution in [0.4, 0.5) is 24.7 Å². The molecule has 0 bridgehead atoms. The van der Waals surface area contributed by atoms with E-state index in [9.17, 15) is 13.2 Å². The van der Waals surface area contributed by atoms with E-state index in [1.807, 2.05) is 18.2 Å². The summed E-state index contributed by atoms with van der Waals surface area (Å²) in [5.74, 6) is 1.92. The Morgan fingerprint density at radius 3 is 2.30 bits per heavy atom. The Morgan fingerprint density at radius 1 is 0.815 bits per heavy atom. The van der Waals surface area contributed by atoms with E-state index in [1.54, 1.807) is 18.3 Å². The molecule has 2 heterocycles. The van der Waals surface area contributed by atoms with Crippen LogP contribution in [0.15, 0.2) is 60.8 Å². The van der Waals surface area contributed by atoms with Crippen molar-refractivity contribution in [3.8, 4) is 22.6 Å². The number of ether oxygens (including phenoxy) is 2. The summed E-state index contributed by atoms with van der Waals surface area (Å²) in [7, 11) is 0. The topological polar surface area (TPSA) is 43.4 Å². The van der Waals surface area contributed by atoms with Crippen molar-refractivity contribution in [3.63, 3.8) is 0 Å². The van der Waals surface area contributed by atoms with Gasteiger partial charge in [0.2, 0.25) is 0 Å². The van der Waals surface area contributed by atoms with Gasteiger partial charge in [-0.1, -0.05) is 12.1 Å². The highest BCUT2D eigenvalue weighted by Gasteiger charge is 2.29. The lowest BCUT2D eigenvalue weighted by Crippen LogP contribution is -2.15. The number of hydrogen-bond donors (Lipinski definition) is 1. The number of alkyl halides is 3. The van der Waals surface area contributed by atoms with Crippen LogP contribution in [0, 0.1) is 0 Å². The highest BCUT2D eigenvalue weighted by molar-refractivity contribution is 5.69. The smallest absolute Gasteiger partial charge is 0.416 e. The van der Waals surface area contributed by atoms with Crippen LogP contribution < -0.4 is 14.8 Å². The Labute approximate surface area is 153 Å². The number of halogens is 3. The highest BCUT2D eigenvalue weighted by Crippen LogP contribution is 2.34. The number of anilines is 2. The summed E-state index contributed by atoms with van der Waals surface area (Å²) in [6, 6.07) is 14.1. The quantitative estimate of drug-likeness (QED) is 0.679. The Kier molecular flexibility index (Phi) is 4.35. The highest BCUT2D eigenvalue weighted by atomic mass is 19.4. The lowest BCUT2D eigenvalue weighted by molar-refractivity contribution is -0.137. The zero-order valence-electron chi connectivity index (χ0n) is 14.1. The van der Waals surface area contributed by atoms with E-state index < -0.39 is 11.7 Å². The minimum Gasteiger partial charge on any atom is -0.486 e. The molecular formula is C20H15F3N2O2. The molecule has 138 valence electrons. The molecule has 1 aromatic heterocycles. The van der Waals surface area contributed by atoms with Gasteiger partial charge in [-0.25, -0.2) is 4.98 Å². The average Bonchev–Trinajstić information content (AvgIpc) is 2.68. The maximum atomic E-state index is 12.7. The number of benzene rings is 2. The van der Waals surface area contributed by atoms with Crippen molar-refractivity contribution < 1.29 is 22.6 Å². The van der Waals surface area contributed by atoms with Gasteiger partial charge in [0.15, 0.2) is 11.5 Å². The van der Waals surface area contributed by atoms with Crippen molar-refractivity contribution in [2.75, 3.05) is 18.5 Å². The predicted octanol–water partition coefficient (Wildman–Crippen LogP) is 5.28. The molecule has 0 saturated heterocycles. The van der Waals surface area contributed by atoms with Crippen LogP contribution in [-0.2, 0) is 6.18 Å². The van der Waals surface area contributed by atoms with Crippen molar-refractivity contribution in [2.24, 2.45) is 0 Å². The summed E-state index contributed by atoms with van der Waals surface area (Å²) in [5, 5.41) is 3.17. The Balaban J connectivity index is 1.56. The summed E-state index contributed by atoms with van der Waals surface area (Å²) < 4.78 is 49.2. The molecule has 0 atom stereocenters. The molecule has 1 aliphatic heterocycles. The molecule has 2 aromatic carbocycles. The normalized spacial score (nSPS) is 13.3. The second-order valence-corrected chi connectivity index (χ2v) is 5.99. The van der Waals surface area contributed by atoms with Gasteiger partial charge < -0.3 is 14.8 Å².